The minimum absolute atomic E-state index is 0.0643. The van der Waals surface area contributed by atoms with Crippen LogP contribution in [0.3, 0.4) is 0 Å². The van der Waals surface area contributed by atoms with E-state index in [-0.39, 0.29) is 5.91 Å². The lowest BCUT2D eigenvalue weighted by Crippen LogP contribution is -2.32. The first-order chi connectivity index (χ1) is 6.75. The molecule has 14 heavy (non-hydrogen) atoms. The van der Waals surface area contributed by atoms with Gasteiger partial charge in [-0.05, 0) is 18.0 Å². The molecule has 0 aliphatic carbocycles. The number of carbonyl (C=O) groups is 1. The number of nitrogens with two attached hydrogens (primary N) is 1. The molecule has 1 aliphatic rings. The zero-order valence-corrected chi connectivity index (χ0v) is 8.51. The van der Waals surface area contributed by atoms with Crippen molar-refractivity contribution in [1.82, 2.24) is 9.69 Å². The van der Waals surface area contributed by atoms with Crippen molar-refractivity contribution in [1.29, 1.82) is 0 Å². The topological polar surface area (TPSA) is 71.2 Å². The van der Waals surface area contributed by atoms with Crippen LogP contribution in [0.15, 0.2) is 6.07 Å². The third-order valence-electron chi connectivity index (χ3n) is 2.09. The van der Waals surface area contributed by atoms with Crippen LogP contribution in [-0.4, -0.2) is 29.9 Å². The Morgan fingerprint density at radius 1 is 1.64 bits per heavy atom. The summed E-state index contributed by atoms with van der Waals surface area (Å²) in [7, 11) is 0. The Morgan fingerprint density at radius 3 is 3.21 bits per heavy atom. The number of nitrogens with zero attached hydrogens (tertiary/aromatic N) is 2. The normalized spacial score (nSPS) is 17.7. The van der Waals surface area contributed by atoms with Gasteiger partial charge in [-0.25, -0.2) is 0 Å². The van der Waals surface area contributed by atoms with Gasteiger partial charge in [0.2, 0.25) is 5.91 Å². The first-order valence-corrected chi connectivity index (χ1v) is 5.27. The summed E-state index contributed by atoms with van der Waals surface area (Å²) in [5, 5.41) is 3.80. The molecule has 1 amide bonds. The molecule has 6 heteroatoms. The Kier molecular flexibility index (Phi) is 2.53. The number of hydrogen-bond donors (Lipinski definition) is 2. The second kappa shape index (κ2) is 3.83. The highest BCUT2D eigenvalue weighted by atomic mass is 32.1. The zero-order chi connectivity index (χ0) is 9.97. The molecule has 1 saturated heterocycles. The van der Waals surface area contributed by atoms with E-state index in [0.717, 1.165) is 24.5 Å². The van der Waals surface area contributed by atoms with E-state index in [9.17, 15) is 4.79 Å². The molecule has 0 atom stereocenters. The maximum Gasteiger partial charge on any atom is 0.239 e. The quantitative estimate of drug-likeness (QED) is 0.690. The third-order valence-corrected chi connectivity index (χ3v) is 2.95. The smallest absolute Gasteiger partial charge is 0.239 e. The van der Waals surface area contributed by atoms with Crippen molar-refractivity contribution in [2.24, 2.45) is 0 Å². The summed E-state index contributed by atoms with van der Waals surface area (Å²) in [6.45, 7) is 2.03. The second-order valence-corrected chi connectivity index (χ2v) is 4.00. The summed E-state index contributed by atoms with van der Waals surface area (Å²) in [6, 6.07) is 1.81. The molecule has 5 nitrogen and oxygen atoms in total. The number of nitrogens with one attached hydrogen (secondary N) is 1. The van der Waals surface area contributed by atoms with Crippen molar-refractivity contribution in [3.05, 3.63) is 6.07 Å². The molecule has 76 valence electrons. The Labute approximate surface area is 86.1 Å². The fourth-order valence-electron chi connectivity index (χ4n) is 1.42. The number of nitrogen functional groups attached to an aromatic ring is 1. The maximum atomic E-state index is 11.3. The molecule has 1 aromatic rings. The summed E-state index contributed by atoms with van der Waals surface area (Å²) >= 11 is 1.34. The molecule has 3 N–H and O–H groups in total. The number of hydrogen-bond acceptors (Lipinski definition) is 5. The van der Waals surface area contributed by atoms with E-state index < -0.39 is 0 Å². The van der Waals surface area contributed by atoms with Crippen LogP contribution in [0, 0.1) is 0 Å². The van der Waals surface area contributed by atoms with E-state index in [0.29, 0.717) is 12.4 Å². The lowest BCUT2D eigenvalue weighted by Gasteiger charge is -2.17. The van der Waals surface area contributed by atoms with Crippen molar-refractivity contribution in [3.8, 4) is 0 Å². The summed E-state index contributed by atoms with van der Waals surface area (Å²) < 4.78 is 3.99. The van der Waals surface area contributed by atoms with Crippen molar-refractivity contribution in [2.75, 3.05) is 30.3 Å². The number of aromatic nitrogens is 1. The van der Waals surface area contributed by atoms with Gasteiger partial charge in [0.15, 0.2) is 0 Å². The van der Waals surface area contributed by atoms with Gasteiger partial charge in [-0.3, -0.25) is 4.79 Å². The molecule has 0 bridgehead atoms. The largest absolute Gasteiger partial charge is 0.383 e. The van der Waals surface area contributed by atoms with Crippen LogP contribution in [0.2, 0.25) is 0 Å². The van der Waals surface area contributed by atoms with Crippen LogP contribution < -0.4 is 16.0 Å². The van der Waals surface area contributed by atoms with Gasteiger partial charge in [-0.2, -0.15) is 4.37 Å². The van der Waals surface area contributed by atoms with Gasteiger partial charge in [0.05, 0.1) is 6.54 Å². The molecule has 1 aromatic heterocycles. The van der Waals surface area contributed by atoms with E-state index >= 15 is 0 Å². The number of amides is 1. The van der Waals surface area contributed by atoms with Crippen LogP contribution in [0.5, 0.6) is 0 Å². The fourth-order valence-corrected chi connectivity index (χ4v) is 2.12. The van der Waals surface area contributed by atoms with Crippen LogP contribution in [0.4, 0.5) is 10.8 Å². The molecule has 0 spiro atoms. The number of rotatable bonds is 1. The van der Waals surface area contributed by atoms with Crippen molar-refractivity contribution in [2.45, 2.75) is 6.42 Å². The molecule has 2 heterocycles. The average molecular weight is 212 g/mol. The highest BCUT2D eigenvalue weighted by molar-refractivity contribution is 7.10. The minimum Gasteiger partial charge on any atom is -0.383 e. The Balaban J connectivity index is 2.12. The van der Waals surface area contributed by atoms with Crippen LogP contribution in [-0.2, 0) is 4.79 Å². The van der Waals surface area contributed by atoms with Gasteiger partial charge in [-0.1, -0.05) is 0 Å². The molecule has 2 rings (SSSR count). The molecule has 0 radical (unpaired) electrons. The van der Waals surface area contributed by atoms with Gasteiger partial charge < -0.3 is 16.0 Å². The standard InChI is InChI=1S/C8H12N4OS/c9-6-4-8(14-11-6)12-3-1-2-10-7(13)5-12/h4H,1-3,5H2,(H2,9,11)(H,10,13). The predicted octanol–water partition coefficient (Wildman–Crippen LogP) is 0.0516. The maximum absolute atomic E-state index is 11.3. The molecule has 0 aromatic carbocycles. The van der Waals surface area contributed by atoms with Crippen LogP contribution in [0.1, 0.15) is 6.42 Å². The van der Waals surface area contributed by atoms with E-state index in [4.69, 9.17) is 5.73 Å². The van der Waals surface area contributed by atoms with Crippen LogP contribution in [0.25, 0.3) is 0 Å². The Bertz CT molecular complexity index is 338. The SMILES string of the molecule is Nc1cc(N2CCCNC(=O)C2)sn1. The summed E-state index contributed by atoms with van der Waals surface area (Å²) in [5.74, 6) is 0.587. The van der Waals surface area contributed by atoms with Crippen molar-refractivity contribution >= 4 is 28.3 Å². The van der Waals surface area contributed by atoms with E-state index in [2.05, 4.69) is 9.69 Å². The first-order valence-electron chi connectivity index (χ1n) is 4.49. The monoisotopic (exact) mass is 212 g/mol. The summed E-state index contributed by atoms with van der Waals surface area (Å²) in [4.78, 5) is 13.3. The highest BCUT2D eigenvalue weighted by Gasteiger charge is 2.16. The van der Waals surface area contributed by atoms with Gasteiger partial charge in [0.25, 0.3) is 0 Å². The molecule has 0 unspecified atom stereocenters. The van der Waals surface area contributed by atoms with Crippen LogP contribution >= 0.6 is 11.5 Å². The van der Waals surface area contributed by atoms with E-state index in [1.54, 1.807) is 0 Å². The van der Waals surface area contributed by atoms with E-state index in [1.165, 1.54) is 11.5 Å². The predicted molar refractivity (Wildman–Crippen MR) is 56.4 cm³/mol. The first kappa shape index (κ1) is 9.26. The van der Waals surface area contributed by atoms with Gasteiger partial charge in [-0.15, -0.1) is 0 Å². The highest BCUT2D eigenvalue weighted by Crippen LogP contribution is 2.23. The summed E-state index contributed by atoms with van der Waals surface area (Å²) in [5.41, 5.74) is 5.53. The van der Waals surface area contributed by atoms with Gasteiger partial charge in [0, 0.05) is 19.2 Å². The Morgan fingerprint density at radius 2 is 2.50 bits per heavy atom. The molecular weight excluding hydrogens is 200 g/mol. The lowest BCUT2D eigenvalue weighted by atomic mass is 10.4. The lowest BCUT2D eigenvalue weighted by molar-refractivity contribution is -0.119. The summed E-state index contributed by atoms with van der Waals surface area (Å²) in [6.07, 6.45) is 0.962. The van der Waals surface area contributed by atoms with E-state index in [1.807, 2.05) is 11.0 Å². The van der Waals surface area contributed by atoms with Gasteiger partial charge in [0.1, 0.15) is 10.8 Å². The second-order valence-electron chi connectivity index (χ2n) is 3.22. The Hall–Kier alpha value is -1.30. The van der Waals surface area contributed by atoms with Crippen molar-refractivity contribution in [3.63, 3.8) is 0 Å². The van der Waals surface area contributed by atoms with Gasteiger partial charge >= 0.3 is 0 Å². The zero-order valence-electron chi connectivity index (χ0n) is 7.69. The minimum atomic E-state index is 0.0643. The van der Waals surface area contributed by atoms with Crippen molar-refractivity contribution < 1.29 is 4.79 Å². The number of carbonyl (C=O) groups excluding carboxylic acids is 1. The average Bonchev–Trinajstić information content (AvgIpc) is 2.45. The fraction of sp³-hybridized carbons (Fsp3) is 0.500. The molecule has 1 fully saturated rings. The number of anilines is 2. The molecular formula is C8H12N4OS. The molecule has 0 saturated carbocycles. The molecule has 1 aliphatic heterocycles. The third kappa shape index (κ3) is 1.95.